The molecule has 254 valence electrons. The summed E-state index contributed by atoms with van der Waals surface area (Å²) in [7, 11) is 3.98. The number of carbonyl (C=O) groups is 2. The number of likely N-dealkylation sites (tertiary alicyclic amines) is 1. The van der Waals surface area contributed by atoms with E-state index in [1.54, 1.807) is 12.1 Å². The maximum Gasteiger partial charge on any atom is 0.311 e. The van der Waals surface area contributed by atoms with E-state index in [0.29, 0.717) is 24.7 Å². The molecule has 1 aromatic rings. The lowest BCUT2D eigenvalue weighted by atomic mass is 9.94. The Labute approximate surface area is 283 Å². The first-order valence-corrected chi connectivity index (χ1v) is 20.3. The second kappa shape index (κ2) is 27.4. The number of ether oxygens (including phenoxy) is 2. The van der Waals surface area contributed by atoms with Gasteiger partial charge in [0.1, 0.15) is 5.75 Å². The Morgan fingerprint density at radius 2 is 1.47 bits per heavy atom. The van der Waals surface area contributed by atoms with E-state index in [1.165, 1.54) is 75.8 Å². The molecule has 0 radical (unpaired) electrons. The Balaban J connectivity index is 1.45. The molecular weight excluding hydrogens is 599 g/mol. The van der Waals surface area contributed by atoms with Crippen molar-refractivity contribution in [1.82, 2.24) is 4.90 Å². The minimum Gasteiger partial charge on any atom is -0.465 e. The maximum absolute atomic E-state index is 12.4. The summed E-state index contributed by atoms with van der Waals surface area (Å²) in [5.74, 6) is 3.24. The lowest BCUT2D eigenvalue weighted by molar-refractivity contribution is -0.143. The van der Waals surface area contributed by atoms with Crippen LogP contribution in [0, 0.1) is 5.92 Å². The minimum absolute atomic E-state index is 0.191. The molecule has 0 saturated carbocycles. The summed E-state index contributed by atoms with van der Waals surface area (Å²) in [5.41, 5.74) is 0.872. The summed E-state index contributed by atoms with van der Waals surface area (Å²) in [5, 5.41) is 0. The van der Waals surface area contributed by atoms with Crippen molar-refractivity contribution < 1.29 is 19.1 Å². The first-order valence-electron chi connectivity index (χ1n) is 17.8. The van der Waals surface area contributed by atoms with Crippen molar-refractivity contribution in [3.8, 4) is 5.75 Å². The van der Waals surface area contributed by atoms with Crippen LogP contribution in [0.25, 0.3) is 0 Å². The fourth-order valence-corrected chi connectivity index (χ4v) is 7.53. The number of piperidine rings is 1. The smallest absolute Gasteiger partial charge is 0.311 e. The highest BCUT2D eigenvalue weighted by atomic mass is 33.1. The summed E-state index contributed by atoms with van der Waals surface area (Å²) in [6.45, 7) is 8.46. The number of unbranched alkanes of at least 4 members (excludes halogenated alkanes) is 8. The Bertz CT molecular complexity index is 942. The number of nitrogens with zero attached hydrogens (tertiary/aromatic N) is 1. The number of benzene rings is 1. The van der Waals surface area contributed by atoms with Gasteiger partial charge in [0.05, 0.1) is 13.0 Å². The number of hydrogen-bond donors (Lipinski definition) is 0. The van der Waals surface area contributed by atoms with E-state index in [-0.39, 0.29) is 18.4 Å². The van der Waals surface area contributed by atoms with Crippen LogP contribution in [-0.4, -0.2) is 54.6 Å². The summed E-state index contributed by atoms with van der Waals surface area (Å²) in [6.07, 6.45) is 27.2. The summed E-state index contributed by atoms with van der Waals surface area (Å²) < 4.78 is 11.0. The fourth-order valence-electron chi connectivity index (χ4n) is 5.36. The predicted octanol–water partition coefficient (Wildman–Crippen LogP) is 10.4. The van der Waals surface area contributed by atoms with Gasteiger partial charge in [-0.1, -0.05) is 104 Å². The van der Waals surface area contributed by atoms with E-state index >= 15 is 0 Å². The van der Waals surface area contributed by atoms with Crippen LogP contribution in [0.5, 0.6) is 5.75 Å². The van der Waals surface area contributed by atoms with Crippen LogP contribution in [0.15, 0.2) is 48.6 Å². The lowest BCUT2D eigenvalue weighted by Gasteiger charge is -2.31. The molecule has 0 atom stereocenters. The van der Waals surface area contributed by atoms with Crippen LogP contribution < -0.4 is 4.74 Å². The second-order valence-corrected chi connectivity index (χ2v) is 14.9. The van der Waals surface area contributed by atoms with Crippen LogP contribution in [0.2, 0.25) is 0 Å². The van der Waals surface area contributed by atoms with Gasteiger partial charge in [0.15, 0.2) is 0 Å². The number of carbonyl (C=O) groups excluding carboxylic acids is 2. The van der Waals surface area contributed by atoms with Gasteiger partial charge in [0.2, 0.25) is 0 Å². The largest absolute Gasteiger partial charge is 0.465 e. The molecule has 5 nitrogen and oxygen atoms in total. The van der Waals surface area contributed by atoms with Gasteiger partial charge < -0.3 is 14.4 Å². The van der Waals surface area contributed by atoms with Crippen molar-refractivity contribution in [1.29, 1.82) is 0 Å². The van der Waals surface area contributed by atoms with Gasteiger partial charge >= 0.3 is 11.9 Å². The van der Waals surface area contributed by atoms with E-state index in [4.69, 9.17) is 9.47 Å². The van der Waals surface area contributed by atoms with E-state index in [1.807, 2.05) is 33.7 Å². The average Bonchev–Trinajstić information content (AvgIpc) is 3.04. The molecule has 0 aliphatic carbocycles. The first kappa shape index (κ1) is 39.5. The molecule has 0 spiro atoms. The molecule has 1 aliphatic rings. The zero-order chi connectivity index (χ0) is 32.2. The highest BCUT2D eigenvalue weighted by molar-refractivity contribution is 8.76. The monoisotopic (exact) mass is 659 g/mol. The van der Waals surface area contributed by atoms with Crippen LogP contribution in [0.3, 0.4) is 0 Å². The molecule has 1 aliphatic heterocycles. The van der Waals surface area contributed by atoms with Gasteiger partial charge in [-0.2, -0.15) is 0 Å². The highest BCUT2D eigenvalue weighted by Gasteiger charge is 2.19. The molecule has 7 heteroatoms. The molecule has 1 fully saturated rings. The molecule has 1 saturated heterocycles. The topological polar surface area (TPSA) is 55.8 Å². The van der Waals surface area contributed by atoms with Gasteiger partial charge in [-0.3, -0.25) is 9.59 Å². The Kier molecular flexibility index (Phi) is 24.1. The van der Waals surface area contributed by atoms with Crippen LogP contribution in [-0.2, 0) is 20.7 Å². The Morgan fingerprint density at radius 1 is 0.800 bits per heavy atom. The van der Waals surface area contributed by atoms with Gasteiger partial charge in [0.25, 0.3) is 0 Å². The molecule has 1 aromatic carbocycles. The molecule has 0 bridgehead atoms. The first-order chi connectivity index (χ1) is 22.1. The second-order valence-electron chi connectivity index (χ2n) is 12.2. The quantitative estimate of drug-likeness (QED) is 0.0322. The molecule has 0 unspecified atom stereocenters. The third-order valence-corrected chi connectivity index (χ3v) is 10.8. The standard InChI is InChI=1S/C38H61NO4S2/c1-3-5-6-7-8-9-10-11-12-13-14-15-16-17-18-19-37(40)43-36-22-20-35(21-23-36)33-38(41)42-30-26-34-24-27-39(28-25-34)29-32-45-44-31-4-2/h8-9,11-12,20-23,34H,3-7,10,13-19,24-33H2,1-2H3/b9-8-,12-11-. The zero-order valence-electron chi connectivity index (χ0n) is 28.4. The van der Waals surface area contributed by atoms with Crippen molar-refractivity contribution in [2.45, 2.75) is 123 Å². The number of rotatable bonds is 26. The van der Waals surface area contributed by atoms with Crippen molar-refractivity contribution in [3.05, 3.63) is 54.1 Å². The van der Waals surface area contributed by atoms with Gasteiger partial charge in [0, 0.05) is 24.5 Å². The highest BCUT2D eigenvalue weighted by Crippen LogP contribution is 2.24. The third kappa shape index (κ3) is 21.7. The van der Waals surface area contributed by atoms with Crippen LogP contribution in [0.4, 0.5) is 0 Å². The molecule has 2 rings (SSSR count). The molecule has 1 heterocycles. The number of esters is 2. The van der Waals surface area contributed by atoms with Crippen LogP contribution in [0.1, 0.15) is 122 Å². The van der Waals surface area contributed by atoms with Gasteiger partial charge in [-0.05, 0) is 101 Å². The zero-order valence-corrected chi connectivity index (χ0v) is 30.0. The van der Waals surface area contributed by atoms with Crippen molar-refractivity contribution in [2.24, 2.45) is 5.92 Å². The Hall–Kier alpha value is -1.70. The van der Waals surface area contributed by atoms with E-state index < -0.39 is 0 Å². The fraction of sp³-hybridized carbons (Fsp3) is 0.684. The van der Waals surface area contributed by atoms with Crippen molar-refractivity contribution in [2.75, 3.05) is 37.7 Å². The SMILES string of the molecule is CCCCC/C=C\C/C=C\CCCCCCCC(=O)Oc1ccc(CC(=O)OCCC2CCN(CCSSCCC)CC2)cc1. The third-order valence-electron chi connectivity index (χ3n) is 8.19. The minimum atomic E-state index is -0.194. The van der Waals surface area contributed by atoms with E-state index in [0.717, 1.165) is 57.2 Å². The number of hydrogen-bond acceptors (Lipinski definition) is 7. The van der Waals surface area contributed by atoms with Crippen molar-refractivity contribution in [3.63, 3.8) is 0 Å². The lowest BCUT2D eigenvalue weighted by Crippen LogP contribution is -2.35. The average molecular weight is 660 g/mol. The van der Waals surface area contributed by atoms with Crippen molar-refractivity contribution >= 4 is 33.5 Å². The van der Waals surface area contributed by atoms with Gasteiger partial charge in [-0.25, -0.2) is 0 Å². The molecular formula is C38H61NO4S2. The maximum atomic E-state index is 12.4. The van der Waals surface area contributed by atoms with Crippen LogP contribution >= 0.6 is 21.6 Å². The summed E-state index contributed by atoms with van der Waals surface area (Å²) in [4.78, 5) is 27.2. The summed E-state index contributed by atoms with van der Waals surface area (Å²) in [6, 6.07) is 7.23. The molecule has 0 amide bonds. The predicted molar refractivity (Wildman–Crippen MR) is 195 cm³/mol. The Morgan fingerprint density at radius 3 is 2.18 bits per heavy atom. The molecule has 45 heavy (non-hydrogen) atoms. The molecule has 0 aromatic heterocycles. The number of allylic oxidation sites excluding steroid dienone is 4. The van der Waals surface area contributed by atoms with E-state index in [9.17, 15) is 9.59 Å². The molecule has 0 N–H and O–H groups in total. The van der Waals surface area contributed by atoms with E-state index in [2.05, 4.69) is 43.1 Å². The van der Waals surface area contributed by atoms with Gasteiger partial charge in [-0.15, -0.1) is 0 Å². The normalized spacial score (nSPS) is 14.4. The summed E-state index contributed by atoms with van der Waals surface area (Å²) >= 11 is 0.